The molecule has 0 amide bonds. The molecule has 3 aromatic rings. The van der Waals surface area contributed by atoms with Gasteiger partial charge >= 0.3 is 0 Å². The maximum atomic E-state index is 5.44. The van der Waals surface area contributed by atoms with E-state index in [9.17, 15) is 0 Å². The number of nitrogens with one attached hydrogen (secondary N) is 1. The van der Waals surface area contributed by atoms with Crippen molar-refractivity contribution in [3.8, 4) is 11.5 Å². The van der Waals surface area contributed by atoms with Crippen molar-refractivity contribution in [2.24, 2.45) is 0 Å². The molecule has 0 bridgehead atoms. The van der Waals surface area contributed by atoms with Crippen LogP contribution in [0.4, 0.5) is 23.1 Å². The lowest BCUT2D eigenvalue weighted by Gasteiger charge is -2.22. The summed E-state index contributed by atoms with van der Waals surface area (Å²) in [5.74, 6) is 2.79. The van der Waals surface area contributed by atoms with E-state index in [4.69, 9.17) is 14.5 Å². The van der Waals surface area contributed by atoms with Crippen LogP contribution in [0.2, 0.25) is 0 Å². The molecule has 6 heteroatoms. The molecule has 0 spiro atoms. The van der Waals surface area contributed by atoms with Gasteiger partial charge in [0.25, 0.3) is 0 Å². The molecule has 3 rings (SSSR count). The summed E-state index contributed by atoms with van der Waals surface area (Å²) in [6, 6.07) is 17.6. The smallest absolute Gasteiger partial charge is 0.232 e. The molecule has 1 aromatic heterocycles. The minimum absolute atomic E-state index is 0.646. The Balaban J connectivity index is 1.96. The number of nitrogens with zero attached hydrogens (tertiary/aromatic N) is 3. The Morgan fingerprint density at radius 3 is 2.41 bits per heavy atom. The highest BCUT2D eigenvalue weighted by Crippen LogP contribution is 2.32. The molecule has 0 saturated carbocycles. The monoisotopic (exact) mass is 364 g/mol. The molecule has 0 aliphatic carbocycles. The van der Waals surface area contributed by atoms with Crippen molar-refractivity contribution in [3.05, 3.63) is 60.3 Å². The predicted octanol–water partition coefficient (Wildman–Crippen LogP) is 4.70. The highest BCUT2D eigenvalue weighted by atomic mass is 16.5. The summed E-state index contributed by atoms with van der Waals surface area (Å²) in [5.41, 5.74) is 2.71. The zero-order valence-corrected chi connectivity index (χ0v) is 16.1. The van der Waals surface area contributed by atoms with Crippen LogP contribution < -0.4 is 19.7 Å². The first-order valence-electron chi connectivity index (χ1n) is 8.82. The van der Waals surface area contributed by atoms with Gasteiger partial charge in [0.05, 0.1) is 19.9 Å². The molecule has 27 heavy (non-hydrogen) atoms. The lowest BCUT2D eigenvalue weighted by atomic mass is 10.2. The summed E-state index contributed by atoms with van der Waals surface area (Å²) in [6.07, 6.45) is 0. The number of benzene rings is 2. The van der Waals surface area contributed by atoms with Gasteiger partial charge in [0, 0.05) is 30.1 Å². The largest absolute Gasteiger partial charge is 0.497 e. The van der Waals surface area contributed by atoms with Gasteiger partial charge in [-0.05, 0) is 38.1 Å². The third-order valence-electron chi connectivity index (χ3n) is 4.14. The molecule has 0 aliphatic rings. The average Bonchev–Trinajstić information content (AvgIpc) is 2.69. The van der Waals surface area contributed by atoms with E-state index in [-0.39, 0.29) is 0 Å². The number of rotatable bonds is 7. The molecule has 1 N–H and O–H groups in total. The van der Waals surface area contributed by atoms with Crippen LogP contribution in [0.1, 0.15) is 12.6 Å². The van der Waals surface area contributed by atoms with E-state index in [1.807, 2.05) is 61.5 Å². The van der Waals surface area contributed by atoms with Crippen molar-refractivity contribution in [1.82, 2.24) is 9.97 Å². The molecule has 0 radical (unpaired) electrons. The van der Waals surface area contributed by atoms with Crippen molar-refractivity contribution >= 4 is 23.1 Å². The Hall–Kier alpha value is -3.28. The molecular formula is C21H24N4O2. The number of aromatic nitrogens is 2. The molecule has 0 fully saturated rings. The maximum Gasteiger partial charge on any atom is 0.232 e. The number of anilines is 4. The predicted molar refractivity (Wildman–Crippen MR) is 109 cm³/mol. The first-order valence-corrected chi connectivity index (χ1v) is 8.82. The Kier molecular flexibility index (Phi) is 5.76. The highest BCUT2D eigenvalue weighted by molar-refractivity contribution is 5.68. The van der Waals surface area contributed by atoms with Gasteiger partial charge in [-0.3, -0.25) is 0 Å². The summed E-state index contributed by atoms with van der Waals surface area (Å²) < 4.78 is 10.8. The van der Waals surface area contributed by atoms with Crippen LogP contribution in [-0.2, 0) is 0 Å². The average molecular weight is 364 g/mol. The molecule has 2 aromatic carbocycles. The van der Waals surface area contributed by atoms with Crippen molar-refractivity contribution in [2.75, 3.05) is 31.0 Å². The summed E-state index contributed by atoms with van der Waals surface area (Å²) in [6.45, 7) is 4.80. The Labute approximate surface area is 159 Å². The fraction of sp³-hybridized carbons (Fsp3) is 0.238. The lowest BCUT2D eigenvalue weighted by molar-refractivity contribution is 0.405. The van der Waals surface area contributed by atoms with Crippen LogP contribution in [-0.4, -0.2) is 30.7 Å². The maximum absolute atomic E-state index is 5.44. The standard InChI is InChI=1S/C21H24N4O2/c1-5-25(16-9-7-6-8-10-16)21-22-15(2)13-20(24-21)23-18-14-17(26-3)11-12-19(18)27-4/h6-14H,5H2,1-4H3,(H,22,23,24). The van der Waals surface area contributed by atoms with Gasteiger partial charge in [-0.2, -0.15) is 4.98 Å². The summed E-state index contributed by atoms with van der Waals surface area (Å²) in [4.78, 5) is 11.4. The van der Waals surface area contributed by atoms with E-state index in [2.05, 4.69) is 22.1 Å². The van der Waals surface area contributed by atoms with Crippen LogP contribution in [0.15, 0.2) is 54.6 Å². The number of aryl methyl sites for hydroxylation is 1. The topological polar surface area (TPSA) is 59.5 Å². The molecule has 0 saturated heterocycles. The van der Waals surface area contributed by atoms with Crippen LogP contribution >= 0.6 is 0 Å². The van der Waals surface area contributed by atoms with E-state index in [1.165, 1.54) is 0 Å². The number of hydrogen-bond acceptors (Lipinski definition) is 6. The molecule has 140 valence electrons. The van der Waals surface area contributed by atoms with Gasteiger partial charge < -0.3 is 19.7 Å². The van der Waals surface area contributed by atoms with E-state index in [1.54, 1.807) is 14.2 Å². The molecule has 1 heterocycles. The Morgan fingerprint density at radius 2 is 1.74 bits per heavy atom. The Morgan fingerprint density at radius 1 is 0.963 bits per heavy atom. The lowest BCUT2D eigenvalue weighted by Crippen LogP contribution is -2.19. The molecule has 0 unspecified atom stereocenters. The summed E-state index contributed by atoms with van der Waals surface area (Å²) >= 11 is 0. The van der Waals surface area contributed by atoms with Crippen molar-refractivity contribution < 1.29 is 9.47 Å². The van der Waals surface area contributed by atoms with Gasteiger partial charge in [-0.15, -0.1) is 0 Å². The first-order chi connectivity index (χ1) is 13.1. The van der Waals surface area contributed by atoms with Crippen LogP contribution in [0.5, 0.6) is 11.5 Å². The summed E-state index contributed by atoms with van der Waals surface area (Å²) in [7, 11) is 3.27. The fourth-order valence-corrected chi connectivity index (χ4v) is 2.83. The van der Waals surface area contributed by atoms with Crippen molar-refractivity contribution in [2.45, 2.75) is 13.8 Å². The van der Waals surface area contributed by atoms with Crippen LogP contribution in [0.3, 0.4) is 0 Å². The van der Waals surface area contributed by atoms with Gasteiger partial charge in [0.15, 0.2) is 0 Å². The minimum atomic E-state index is 0.646. The zero-order valence-electron chi connectivity index (χ0n) is 16.1. The number of para-hydroxylation sites is 1. The van der Waals surface area contributed by atoms with E-state index >= 15 is 0 Å². The molecule has 0 aliphatic heterocycles. The van der Waals surface area contributed by atoms with Crippen molar-refractivity contribution in [1.29, 1.82) is 0 Å². The van der Waals surface area contributed by atoms with Crippen LogP contribution in [0, 0.1) is 6.92 Å². The second kappa shape index (κ2) is 8.40. The molecule has 6 nitrogen and oxygen atoms in total. The highest BCUT2D eigenvalue weighted by Gasteiger charge is 2.13. The number of methoxy groups -OCH3 is 2. The molecule has 0 atom stereocenters. The van der Waals surface area contributed by atoms with Crippen molar-refractivity contribution in [3.63, 3.8) is 0 Å². The van der Waals surface area contributed by atoms with Gasteiger partial charge in [0.1, 0.15) is 17.3 Å². The van der Waals surface area contributed by atoms with Crippen LogP contribution in [0.25, 0.3) is 0 Å². The van der Waals surface area contributed by atoms with Gasteiger partial charge in [-0.25, -0.2) is 4.98 Å². The third-order valence-corrected chi connectivity index (χ3v) is 4.14. The SMILES string of the molecule is CCN(c1ccccc1)c1nc(C)cc(Nc2cc(OC)ccc2OC)n1. The van der Waals surface area contributed by atoms with E-state index in [0.29, 0.717) is 17.5 Å². The zero-order chi connectivity index (χ0) is 19.2. The second-order valence-corrected chi connectivity index (χ2v) is 5.97. The fourth-order valence-electron chi connectivity index (χ4n) is 2.83. The first kappa shape index (κ1) is 18.5. The number of hydrogen-bond donors (Lipinski definition) is 1. The third kappa shape index (κ3) is 4.28. The molecular weight excluding hydrogens is 340 g/mol. The summed E-state index contributed by atoms with van der Waals surface area (Å²) in [5, 5.41) is 3.33. The van der Waals surface area contributed by atoms with E-state index in [0.717, 1.165) is 29.4 Å². The number of ether oxygens (including phenoxy) is 2. The van der Waals surface area contributed by atoms with Gasteiger partial charge in [0.2, 0.25) is 5.95 Å². The Bertz CT molecular complexity index is 900. The normalized spacial score (nSPS) is 10.4. The second-order valence-electron chi connectivity index (χ2n) is 5.97. The van der Waals surface area contributed by atoms with E-state index < -0.39 is 0 Å². The van der Waals surface area contributed by atoms with Gasteiger partial charge in [-0.1, -0.05) is 18.2 Å². The quantitative estimate of drug-likeness (QED) is 0.655. The minimum Gasteiger partial charge on any atom is -0.497 e.